The lowest BCUT2D eigenvalue weighted by Crippen LogP contribution is -2.29. The van der Waals surface area contributed by atoms with Crippen molar-refractivity contribution < 1.29 is 4.79 Å². The van der Waals surface area contributed by atoms with E-state index in [9.17, 15) is 4.79 Å². The van der Waals surface area contributed by atoms with Gasteiger partial charge in [-0.25, -0.2) is 0 Å². The molecule has 2 aromatic rings. The third kappa shape index (κ3) is 4.17. The molecule has 0 bridgehead atoms. The minimum absolute atomic E-state index is 0.408. The monoisotopic (exact) mass is 320 g/mol. The van der Waals surface area contributed by atoms with Gasteiger partial charge in [0.25, 0.3) is 0 Å². The van der Waals surface area contributed by atoms with Crippen LogP contribution in [0, 0.1) is 17.3 Å². The summed E-state index contributed by atoms with van der Waals surface area (Å²) in [5.41, 5.74) is 5.72. The number of hydrogen-bond acceptors (Lipinski definition) is 2. The fourth-order valence-corrected chi connectivity index (χ4v) is 2.40. The van der Waals surface area contributed by atoms with Crippen LogP contribution in [-0.4, -0.2) is 19.0 Å². The minimum atomic E-state index is -0.801. The lowest BCUT2D eigenvalue weighted by atomic mass is 9.94. The van der Waals surface area contributed by atoms with E-state index in [0.717, 1.165) is 13.1 Å². The number of allylic oxidation sites excluding steroid dienone is 1. The van der Waals surface area contributed by atoms with E-state index < -0.39 is 11.3 Å². The molecule has 0 aliphatic heterocycles. The largest absolute Gasteiger partial charge is 0.368 e. The molecule has 0 unspecified atom stereocenters. The van der Waals surface area contributed by atoms with Crippen molar-refractivity contribution in [1.82, 2.24) is 0 Å². The molecular weight excluding hydrogens is 296 g/mol. The molecular formula is C21H24N2O. The Hall–Kier alpha value is -2.73. The third-order valence-electron chi connectivity index (χ3n) is 4.02. The molecule has 3 heteroatoms. The summed E-state index contributed by atoms with van der Waals surface area (Å²) in [7, 11) is 0. The van der Waals surface area contributed by atoms with Crippen LogP contribution in [0.25, 0.3) is 10.8 Å². The highest BCUT2D eigenvalue weighted by Crippen LogP contribution is 2.26. The van der Waals surface area contributed by atoms with Crippen LogP contribution in [0.1, 0.15) is 20.8 Å². The van der Waals surface area contributed by atoms with Crippen LogP contribution >= 0.6 is 0 Å². The molecule has 0 saturated carbocycles. The second kappa shape index (κ2) is 7.70. The maximum absolute atomic E-state index is 11.2. The molecule has 0 heterocycles. The molecule has 2 N–H and O–H groups in total. The summed E-state index contributed by atoms with van der Waals surface area (Å²) in [6.07, 6.45) is 3.80. The second-order valence-electron chi connectivity index (χ2n) is 6.20. The van der Waals surface area contributed by atoms with E-state index in [2.05, 4.69) is 66.1 Å². The molecule has 124 valence electrons. The topological polar surface area (TPSA) is 46.3 Å². The highest BCUT2D eigenvalue weighted by molar-refractivity contribution is 5.94. The van der Waals surface area contributed by atoms with Crippen LogP contribution in [0.3, 0.4) is 0 Å². The normalized spacial score (nSPS) is 11.3. The first-order valence-corrected chi connectivity index (χ1v) is 8.16. The van der Waals surface area contributed by atoms with E-state index in [1.54, 1.807) is 19.9 Å². The molecule has 0 atom stereocenters. The zero-order valence-electron chi connectivity index (χ0n) is 14.5. The lowest BCUT2D eigenvalue weighted by Gasteiger charge is -2.23. The Labute approximate surface area is 144 Å². The van der Waals surface area contributed by atoms with Crippen LogP contribution in [0.2, 0.25) is 0 Å². The number of carbonyl (C=O) groups excluding carboxylic acids is 1. The van der Waals surface area contributed by atoms with E-state index >= 15 is 0 Å². The van der Waals surface area contributed by atoms with Gasteiger partial charge < -0.3 is 10.6 Å². The fourth-order valence-electron chi connectivity index (χ4n) is 2.40. The first kappa shape index (κ1) is 17.6. The van der Waals surface area contributed by atoms with E-state index in [-0.39, 0.29) is 0 Å². The number of nitrogens with zero attached hydrogens (tertiary/aromatic N) is 1. The first-order valence-electron chi connectivity index (χ1n) is 8.16. The van der Waals surface area contributed by atoms with Gasteiger partial charge in [0.05, 0.1) is 0 Å². The van der Waals surface area contributed by atoms with Gasteiger partial charge in [-0.3, -0.25) is 4.79 Å². The van der Waals surface area contributed by atoms with Gasteiger partial charge in [0, 0.05) is 24.2 Å². The molecule has 0 aliphatic rings. The van der Waals surface area contributed by atoms with Gasteiger partial charge in [-0.2, -0.15) is 0 Å². The minimum Gasteiger partial charge on any atom is -0.368 e. The van der Waals surface area contributed by atoms with Gasteiger partial charge in [-0.1, -0.05) is 54.3 Å². The van der Waals surface area contributed by atoms with Crippen molar-refractivity contribution in [2.24, 2.45) is 11.1 Å². The molecule has 3 nitrogen and oxygen atoms in total. The Balaban J connectivity index is 2.14. The average Bonchev–Trinajstić information content (AvgIpc) is 2.57. The zero-order chi connectivity index (χ0) is 17.6. The molecule has 1 amide bonds. The van der Waals surface area contributed by atoms with Crippen LogP contribution in [0.15, 0.2) is 54.6 Å². The predicted molar refractivity (Wildman–Crippen MR) is 102 cm³/mol. The first-order chi connectivity index (χ1) is 11.5. The standard InChI is InChI=1S/C21H24N2O/c1-4-23(16-9-5-8-15-21(2,3)20(22)24)19-14-10-12-17-11-6-7-13-18(17)19/h5-7,9-14H,4,16H2,1-3H3,(H2,22,24). The van der Waals surface area contributed by atoms with Crippen molar-refractivity contribution in [2.75, 3.05) is 18.0 Å². The predicted octanol–water partition coefficient (Wildman–Crippen LogP) is 3.74. The average molecular weight is 320 g/mol. The Morgan fingerprint density at radius 3 is 2.62 bits per heavy atom. The Kier molecular flexibility index (Phi) is 5.65. The Bertz CT molecular complexity index is 804. The summed E-state index contributed by atoms with van der Waals surface area (Å²) in [4.78, 5) is 13.5. The van der Waals surface area contributed by atoms with Gasteiger partial charge in [0.2, 0.25) is 5.91 Å². The van der Waals surface area contributed by atoms with Crippen LogP contribution in [0.5, 0.6) is 0 Å². The molecule has 0 fully saturated rings. The molecule has 2 aromatic carbocycles. The molecule has 0 aromatic heterocycles. The van der Waals surface area contributed by atoms with E-state index in [1.807, 2.05) is 6.08 Å². The van der Waals surface area contributed by atoms with Crippen molar-refractivity contribution >= 4 is 22.4 Å². The van der Waals surface area contributed by atoms with Crippen LogP contribution in [0.4, 0.5) is 5.69 Å². The number of nitrogens with two attached hydrogens (primary N) is 1. The molecule has 0 spiro atoms. The van der Waals surface area contributed by atoms with Gasteiger partial charge in [-0.15, -0.1) is 0 Å². The number of likely N-dealkylation sites (N-methyl/N-ethyl adjacent to an activating group) is 1. The van der Waals surface area contributed by atoms with E-state index in [0.29, 0.717) is 0 Å². The number of hydrogen-bond donors (Lipinski definition) is 1. The summed E-state index contributed by atoms with van der Waals surface area (Å²) in [5, 5.41) is 2.48. The summed E-state index contributed by atoms with van der Waals surface area (Å²) in [6, 6.07) is 14.7. The second-order valence-corrected chi connectivity index (χ2v) is 6.20. The highest BCUT2D eigenvalue weighted by atomic mass is 16.1. The third-order valence-corrected chi connectivity index (χ3v) is 4.02. The lowest BCUT2D eigenvalue weighted by molar-refractivity contribution is -0.123. The van der Waals surface area contributed by atoms with Crippen molar-refractivity contribution in [1.29, 1.82) is 0 Å². The number of carbonyl (C=O) groups is 1. The Morgan fingerprint density at radius 1 is 1.21 bits per heavy atom. The number of amides is 1. The number of rotatable bonds is 5. The van der Waals surface area contributed by atoms with Crippen LogP contribution in [-0.2, 0) is 4.79 Å². The van der Waals surface area contributed by atoms with Crippen LogP contribution < -0.4 is 10.6 Å². The quantitative estimate of drug-likeness (QED) is 0.853. The molecule has 0 radical (unpaired) electrons. The van der Waals surface area contributed by atoms with Crippen molar-refractivity contribution in [3.8, 4) is 11.8 Å². The number of anilines is 1. The highest BCUT2D eigenvalue weighted by Gasteiger charge is 2.21. The van der Waals surface area contributed by atoms with E-state index in [1.165, 1.54) is 16.5 Å². The molecule has 0 saturated heterocycles. The zero-order valence-corrected chi connectivity index (χ0v) is 14.5. The number of primary amides is 1. The van der Waals surface area contributed by atoms with Gasteiger partial charge in [0.15, 0.2) is 0 Å². The van der Waals surface area contributed by atoms with Crippen molar-refractivity contribution in [3.05, 3.63) is 54.6 Å². The maximum atomic E-state index is 11.2. The van der Waals surface area contributed by atoms with Crippen molar-refractivity contribution in [3.63, 3.8) is 0 Å². The summed E-state index contributed by atoms with van der Waals surface area (Å²) < 4.78 is 0. The van der Waals surface area contributed by atoms with Gasteiger partial charge in [0.1, 0.15) is 5.41 Å². The fraction of sp³-hybridized carbons (Fsp3) is 0.286. The smallest absolute Gasteiger partial charge is 0.235 e. The molecule has 2 rings (SSSR count). The van der Waals surface area contributed by atoms with E-state index in [4.69, 9.17) is 5.73 Å². The van der Waals surface area contributed by atoms with Gasteiger partial charge in [-0.05, 0) is 38.3 Å². The van der Waals surface area contributed by atoms with Gasteiger partial charge >= 0.3 is 0 Å². The van der Waals surface area contributed by atoms with Crippen molar-refractivity contribution in [2.45, 2.75) is 20.8 Å². The summed E-state index contributed by atoms with van der Waals surface area (Å²) in [6.45, 7) is 7.25. The SMILES string of the molecule is CCN(CC=CC#CC(C)(C)C(N)=O)c1cccc2ccccc12. The molecule has 24 heavy (non-hydrogen) atoms. The number of benzene rings is 2. The molecule has 0 aliphatic carbocycles. The maximum Gasteiger partial charge on any atom is 0.235 e. The summed E-state index contributed by atoms with van der Waals surface area (Å²) >= 11 is 0. The number of fused-ring (bicyclic) bond motifs is 1. The summed E-state index contributed by atoms with van der Waals surface area (Å²) in [5.74, 6) is 5.40. The Morgan fingerprint density at radius 2 is 1.92 bits per heavy atom.